The summed E-state index contributed by atoms with van der Waals surface area (Å²) >= 11 is 0. The molecule has 0 saturated heterocycles. The van der Waals surface area contributed by atoms with Gasteiger partial charge in [-0.1, -0.05) is 58.7 Å². The molecule has 1 nitrogen and oxygen atoms in total. The molecular formula is C17H28FN. The maximum absolute atomic E-state index is 14.2. The maximum atomic E-state index is 14.2. The molecule has 0 bridgehead atoms. The molecule has 19 heavy (non-hydrogen) atoms. The van der Waals surface area contributed by atoms with E-state index >= 15 is 0 Å². The van der Waals surface area contributed by atoms with Gasteiger partial charge in [0.25, 0.3) is 0 Å². The van der Waals surface area contributed by atoms with E-state index in [1.54, 1.807) is 12.1 Å². The summed E-state index contributed by atoms with van der Waals surface area (Å²) in [4.78, 5) is 0. The zero-order valence-electron chi connectivity index (χ0n) is 12.8. The highest BCUT2D eigenvalue weighted by Gasteiger charge is 2.32. The summed E-state index contributed by atoms with van der Waals surface area (Å²) in [6.07, 6.45) is 4.21. The molecule has 1 rings (SSSR count). The number of nitrogens with one attached hydrogen (secondary N) is 1. The molecule has 0 saturated carbocycles. The van der Waals surface area contributed by atoms with E-state index in [2.05, 4.69) is 33.0 Å². The molecule has 0 heterocycles. The van der Waals surface area contributed by atoms with E-state index in [4.69, 9.17) is 0 Å². The first-order valence-electron chi connectivity index (χ1n) is 7.54. The summed E-state index contributed by atoms with van der Waals surface area (Å²) in [5, 5.41) is 3.52. The maximum Gasteiger partial charge on any atom is 0.127 e. The first-order chi connectivity index (χ1) is 9.05. The number of rotatable bonds is 8. The molecule has 1 N–H and O–H groups in total. The van der Waals surface area contributed by atoms with Gasteiger partial charge >= 0.3 is 0 Å². The lowest BCUT2D eigenvalue weighted by Gasteiger charge is -2.35. The molecule has 0 atom stereocenters. The highest BCUT2D eigenvalue weighted by molar-refractivity contribution is 5.28. The Hall–Kier alpha value is -0.890. The molecule has 0 aliphatic rings. The molecule has 2 heteroatoms. The summed E-state index contributed by atoms with van der Waals surface area (Å²) < 4.78 is 14.2. The van der Waals surface area contributed by atoms with Crippen LogP contribution in [-0.4, -0.2) is 12.6 Å². The minimum Gasteiger partial charge on any atom is -0.314 e. The van der Waals surface area contributed by atoms with Crippen molar-refractivity contribution in [1.82, 2.24) is 5.32 Å². The molecule has 1 aromatic carbocycles. The molecule has 0 aliphatic carbocycles. The first kappa shape index (κ1) is 16.2. The molecule has 0 spiro atoms. The second kappa shape index (κ2) is 7.64. The van der Waals surface area contributed by atoms with Crippen LogP contribution >= 0.6 is 0 Å². The van der Waals surface area contributed by atoms with Crippen molar-refractivity contribution < 1.29 is 4.39 Å². The van der Waals surface area contributed by atoms with Crippen molar-refractivity contribution in [3.8, 4) is 0 Å². The van der Waals surface area contributed by atoms with E-state index in [0.29, 0.717) is 6.04 Å². The highest BCUT2D eigenvalue weighted by atomic mass is 19.1. The van der Waals surface area contributed by atoms with Crippen molar-refractivity contribution in [2.24, 2.45) is 0 Å². The SMILES string of the molecule is CCCC(CCC)(CNC(C)C)c1ccccc1F. The summed E-state index contributed by atoms with van der Waals surface area (Å²) in [5.74, 6) is -0.0602. The van der Waals surface area contributed by atoms with Crippen molar-refractivity contribution >= 4 is 0 Å². The van der Waals surface area contributed by atoms with E-state index in [1.807, 2.05) is 12.1 Å². The van der Waals surface area contributed by atoms with Gasteiger partial charge in [0.05, 0.1) is 0 Å². The summed E-state index contributed by atoms with van der Waals surface area (Å²) in [7, 11) is 0. The van der Waals surface area contributed by atoms with E-state index in [1.165, 1.54) is 0 Å². The van der Waals surface area contributed by atoms with Crippen LogP contribution in [0.2, 0.25) is 0 Å². The Morgan fingerprint density at radius 2 is 1.68 bits per heavy atom. The molecule has 0 aliphatic heterocycles. The molecule has 108 valence electrons. The van der Waals surface area contributed by atoms with Crippen molar-refractivity contribution in [1.29, 1.82) is 0 Å². The lowest BCUT2D eigenvalue weighted by Crippen LogP contribution is -2.41. The van der Waals surface area contributed by atoms with Gasteiger partial charge in [-0.05, 0) is 24.5 Å². The van der Waals surface area contributed by atoms with Gasteiger partial charge in [-0.2, -0.15) is 0 Å². The van der Waals surface area contributed by atoms with Crippen LogP contribution < -0.4 is 5.32 Å². The van der Waals surface area contributed by atoms with Gasteiger partial charge in [-0.25, -0.2) is 4.39 Å². The molecular weight excluding hydrogens is 237 g/mol. The van der Waals surface area contributed by atoms with Crippen molar-refractivity contribution in [3.63, 3.8) is 0 Å². The van der Waals surface area contributed by atoms with E-state index in [-0.39, 0.29) is 11.2 Å². The molecule has 0 aromatic heterocycles. The van der Waals surface area contributed by atoms with Gasteiger partial charge in [0, 0.05) is 18.0 Å². The van der Waals surface area contributed by atoms with Crippen LogP contribution in [0.15, 0.2) is 24.3 Å². The van der Waals surface area contributed by atoms with Crippen LogP contribution in [0.5, 0.6) is 0 Å². The van der Waals surface area contributed by atoms with E-state index < -0.39 is 0 Å². The van der Waals surface area contributed by atoms with Gasteiger partial charge in [-0.3, -0.25) is 0 Å². The number of hydrogen-bond donors (Lipinski definition) is 1. The first-order valence-corrected chi connectivity index (χ1v) is 7.54. The summed E-state index contributed by atoms with van der Waals surface area (Å²) in [6, 6.07) is 7.71. The Morgan fingerprint density at radius 1 is 1.11 bits per heavy atom. The fourth-order valence-corrected chi connectivity index (χ4v) is 2.91. The Bertz CT molecular complexity index is 367. The third kappa shape index (κ3) is 4.31. The quantitative estimate of drug-likeness (QED) is 0.720. The van der Waals surface area contributed by atoms with Crippen LogP contribution in [0.3, 0.4) is 0 Å². The Balaban J connectivity index is 3.10. The average molecular weight is 265 g/mol. The normalized spacial score (nSPS) is 12.1. The predicted molar refractivity (Wildman–Crippen MR) is 81.0 cm³/mol. The van der Waals surface area contributed by atoms with Gasteiger partial charge in [0.15, 0.2) is 0 Å². The Morgan fingerprint density at radius 3 is 2.16 bits per heavy atom. The molecule has 0 fully saturated rings. The number of benzene rings is 1. The second-order valence-electron chi connectivity index (χ2n) is 5.80. The van der Waals surface area contributed by atoms with Crippen LogP contribution in [0.25, 0.3) is 0 Å². The lowest BCUT2D eigenvalue weighted by atomic mass is 9.73. The molecule has 0 radical (unpaired) electrons. The minimum absolute atomic E-state index is 0.0602. The average Bonchev–Trinajstić information content (AvgIpc) is 2.37. The van der Waals surface area contributed by atoms with Crippen LogP contribution in [0, 0.1) is 5.82 Å². The highest BCUT2D eigenvalue weighted by Crippen LogP contribution is 2.35. The molecule has 1 aromatic rings. The van der Waals surface area contributed by atoms with Crippen molar-refractivity contribution in [3.05, 3.63) is 35.6 Å². The second-order valence-corrected chi connectivity index (χ2v) is 5.80. The monoisotopic (exact) mass is 265 g/mol. The summed E-state index contributed by atoms with van der Waals surface area (Å²) in [6.45, 7) is 9.50. The topological polar surface area (TPSA) is 12.0 Å². The van der Waals surface area contributed by atoms with Crippen LogP contribution in [-0.2, 0) is 5.41 Å². The molecule has 0 amide bonds. The third-order valence-corrected chi connectivity index (χ3v) is 3.75. The van der Waals surface area contributed by atoms with Gasteiger partial charge in [0.2, 0.25) is 0 Å². The fraction of sp³-hybridized carbons (Fsp3) is 0.647. The van der Waals surface area contributed by atoms with Crippen molar-refractivity contribution in [2.75, 3.05) is 6.54 Å². The minimum atomic E-state index is -0.0703. The fourth-order valence-electron chi connectivity index (χ4n) is 2.91. The predicted octanol–water partition coefficient (Wildman–Crippen LogP) is 4.66. The number of halogens is 1. The van der Waals surface area contributed by atoms with Crippen molar-refractivity contribution in [2.45, 2.75) is 64.8 Å². The Kier molecular flexibility index (Phi) is 6.50. The van der Waals surface area contributed by atoms with Gasteiger partial charge in [-0.15, -0.1) is 0 Å². The van der Waals surface area contributed by atoms with Gasteiger partial charge < -0.3 is 5.32 Å². The standard InChI is InChI=1S/C17H28FN/c1-5-11-17(12-6-2,13-19-14(3)4)15-9-7-8-10-16(15)18/h7-10,14,19H,5-6,11-13H2,1-4H3. The van der Waals surface area contributed by atoms with Crippen LogP contribution in [0.1, 0.15) is 58.9 Å². The lowest BCUT2D eigenvalue weighted by molar-refractivity contribution is 0.314. The van der Waals surface area contributed by atoms with E-state index in [0.717, 1.165) is 37.8 Å². The van der Waals surface area contributed by atoms with Crippen LogP contribution in [0.4, 0.5) is 4.39 Å². The number of hydrogen-bond acceptors (Lipinski definition) is 1. The smallest absolute Gasteiger partial charge is 0.127 e. The summed E-state index contributed by atoms with van der Waals surface area (Å²) in [5.41, 5.74) is 0.811. The zero-order valence-corrected chi connectivity index (χ0v) is 12.8. The Labute approximate surface area is 117 Å². The zero-order chi connectivity index (χ0) is 14.3. The molecule has 0 unspecified atom stereocenters. The third-order valence-electron chi connectivity index (χ3n) is 3.75. The van der Waals surface area contributed by atoms with E-state index in [9.17, 15) is 4.39 Å². The van der Waals surface area contributed by atoms with Gasteiger partial charge in [0.1, 0.15) is 5.82 Å². The largest absolute Gasteiger partial charge is 0.314 e.